The maximum atomic E-state index is 5.99. The van der Waals surface area contributed by atoms with E-state index in [1.807, 2.05) is 7.05 Å². The fourth-order valence-electron chi connectivity index (χ4n) is 4.11. The van der Waals surface area contributed by atoms with Crippen LogP contribution >= 0.6 is 0 Å². The highest BCUT2D eigenvalue weighted by molar-refractivity contribution is 5.80. The topological polar surface area (TPSA) is 50.6 Å². The van der Waals surface area contributed by atoms with Crippen LogP contribution in [0.5, 0.6) is 0 Å². The molecular formula is C18H30N4O. The van der Waals surface area contributed by atoms with Crippen molar-refractivity contribution >= 4 is 5.96 Å². The van der Waals surface area contributed by atoms with Crippen molar-refractivity contribution in [2.45, 2.75) is 52.3 Å². The molecule has 2 N–H and O–H groups in total. The molecule has 1 saturated heterocycles. The molecule has 0 aromatic carbocycles. The molecule has 0 spiro atoms. The molecule has 3 atom stereocenters. The first-order valence-electron chi connectivity index (χ1n) is 8.79. The van der Waals surface area contributed by atoms with Gasteiger partial charge in [-0.25, -0.2) is 4.99 Å². The Hall–Kier alpha value is -1.49. The van der Waals surface area contributed by atoms with E-state index < -0.39 is 0 Å². The number of fused-ring (bicyclic) bond motifs is 1. The highest BCUT2D eigenvalue weighted by Crippen LogP contribution is 2.51. The molecule has 1 aromatic rings. The van der Waals surface area contributed by atoms with Gasteiger partial charge < -0.3 is 19.9 Å². The number of ether oxygens (including phenoxy) is 1. The van der Waals surface area contributed by atoms with Gasteiger partial charge in [-0.05, 0) is 31.4 Å². The van der Waals surface area contributed by atoms with Crippen LogP contribution in [0.3, 0.4) is 0 Å². The summed E-state index contributed by atoms with van der Waals surface area (Å²) in [6.07, 6.45) is 7.00. The quantitative estimate of drug-likeness (QED) is 0.661. The van der Waals surface area contributed by atoms with Gasteiger partial charge in [0.25, 0.3) is 0 Å². The lowest BCUT2D eigenvalue weighted by Gasteiger charge is -2.60. The van der Waals surface area contributed by atoms with Gasteiger partial charge in [-0.1, -0.05) is 13.8 Å². The normalized spacial score (nSPS) is 29.6. The summed E-state index contributed by atoms with van der Waals surface area (Å²) < 4.78 is 8.05. The first-order chi connectivity index (χ1) is 11.0. The summed E-state index contributed by atoms with van der Waals surface area (Å²) in [5.74, 6) is 1.53. The van der Waals surface area contributed by atoms with E-state index in [1.165, 1.54) is 18.4 Å². The second-order valence-corrected chi connectivity index (χ2v) is 7.42. The third-order valence-corrected chi connectivity index (χ3v) is 5.28. The highest BCUT2D eigenvalue weighted by atomic mass is 16.5. The molecule has 0 radical (unpaired) electrons. The fraction of sp³-hybridized carbons (Fsp3) is 0.722. The van der Waals surface area contributed by atoms with Crippen molar-refractivity contribution in [3.63, 3.8) is 0 Å². The van der Waals surface area contributed by atoms with Crippen LogP contribution in [0, 0.1) is 11.3 Å². The Labute approximate surface area is 139 Å². The van der Waals surface area contributed by atoms with Gasteiger partial charge in [-0.2, -0.15) is 0 Å². The molecule has 5 heteroatoms. The summed E-state index contributed by atoms with van der Waals surface area (Å²) >= 11 is 0. The van der Waals surface area contributed by atoms with Crippen LogP contribution < -0.4 is 10.6 Å². The molecule has 2 fully saturated rings. The molecular weight excluding hydrogens is 288 g/mol. The van der Waals surface area contributed by atoms with Crippen molar-refractivity contribution in [2.24, 2.45) is 23.4 Å². The van der Waals surface area contributed by atoms with Gasteiger partial charge in [0.1, 0.15) is 0 Å². The molecule has 0 bridgehead atoms. The molecule has 1 aromatic heterocycles. The van der Waals surface area contributed by atoms with Crippen molar-refractivity contribution in [1.29, 1.82) is 0 Å². The Morgan fingerprint density at radius 3 is 3.00 bits per heavy atom. The van der Waals surface area contributed by atoms with Crippen LogP contribution in [-0.4, -0.2) is 35.8 Å². The summed E-state index contributed by atoms with van der Waals surface area (Å²) in [7, 11) is 2.04. The lowest BCUT2D eigenvalue weighted by Crippen LogP contribution is -2.71. The molecule has 3 rings (SSSR count). The highest BCUT2D eigenvalue weighted by Gasteiger charge is 2.58. The third kappa shape index (κ3) is 3.25. The summed E-state index contributed by atoms with van der Waals surface area (Å²) in [6, 6.07) is 2.55. The molecule has 3 unspecified atom stereocenters. The van der Waals surface area contributed by atoms with E-state index in [1.54, 1.807) is 0 Å². The molecule has 1 saturated carbocycles. The Morgan fingerprint density at radius 1 is 1.48 bits per heavy atom. The Morgan fingerprint density at radius 2 is 2.30 bits per heavy atom. The maximum absolute atomic E-state index is 5.99. The average molecular weight is 318 g/mol. The van der Waals surface area contributed by atoms with Gasteiger partial charge in [0.05, 0.1) is 12.6 Å². The number of nitrogens with zero attached hydrogens (tertiary/aromatic N) is 2. The summed E-state index contributed by atoms with van der Waals surface area (Å²) in [5, 5.41) is 7.06. The molecule has 2 aliphatic rings. The Balaban J connectivity index is 1.66. The SMILES string of the molecule is CCNC(=NCc1ccn(C)c1)NC1C2CCCOC2C1(C)C. The molecule has 5 nitrogen and oxygen atoms in total. The maximum Gasteiger partial charge on any atom is 0.191 e. The molecule has 0 amide bonds. The number of rotatable bonds is 4. The largest absolute Gasteiger partial charge is 0.377 e. The molecule has 128 valence electrons. The first-order valence-corrected chi connectivity index (χ1v) is 8.79. The lowest BCUT2D eigenvalue weighted by atomic mass is 9.55. The predicted molar refractivity (Wildman–Crippen MR) is 93.4 cm³/mol. The summed E-state index contributed by atoms with van der Waals surface area (Å²) in [6.45, 7) is 9.21. The minimum atomic E-state index is 0.161. The van der Waals surface area contributed by atoms with E-state index in [0.717, 1.165) is 19.1 Å². The Bertz CT molecular complexity index is 563. The standard InChI is InChI=1S/C18H30N4O/c1-5-19-17(20-11-13-8-9-22(4)12-13)21-15-14-7-6-10-23-16(14)18(15,2)3/h8-9,12,14-16H,5-7,10-11H2,1-4H3,(H2,19,20,21). The fourth-order valence-corrected chi connectivity index (χ4v) is 4.11. The lowest BCUT2D eigenvalue weighted by molar-refractivity contribution is -0.188. The van der Waals surface area contributed by atoms with Gasteiger partial charge in [0, 0.05) is 50.0 Å². The number of hydrogen-bond donors (Lipinski definition) is 2. The molecule has 1 aliphatic carbocycles. The van der Waals surface area contributed by atoms with Gasteiger partial charge >= 0.3 is 0 Å². The molecule has 23 heavy (non-hydrogen) atoms. The van der Waals surface area contributed by atoms with Crippen molar-refractivity contribution in [3.8, 4) is 0 Å². The monoisotopic (exact) mass is 318 g/mol. The second-order valence-electron chi connectivity index (χ2n) is 7.42. The van der Waals surface area contributed by atoms with E-state index in [0.29, 0.717) is 24.6 Å². The van der Waals surface area contributed by atoms with Gasteiger partial charge in [0.2, 0.25) is 0 Å². The minimum Gasteiger partial charge on any atom is -0.377 e. The van der Waals surface area contributed by atoms with Crippen LogP contribution in [-0.2, 0) is 18.3 Å². The zero-order chi connectivity index (χ0) is 16.4. The number of guanidine groups is 1. The van der Waals surface area contributed by atoms with Gasteiger partial charge in [-0.15, -0.1) is 0 Å². The van der Waals surface area contributed by atoms with Crippen molar-refractivity contribution in [2.75, 3.05) is 13.2 Å². The van der Waals surface area contributed by atoms with E-state index in [-0.39, 0.29) is 5.41 Å². The van der Waals surface area contributed by atoms with E-state index in [2.05, 4.69) is 54.4 Å². The van der Waals surface area contributed by atoms with Crippen LogP contribution in [0.2, 0.25) is 0 Å². The smallest absolute Gasteiger partial charge is 0.191 e. The van der Waals surface area contributed by atoms with Crippen molar-refractivity contribution in [3.05, 3.63) is 24.0 Å². The van der Waals surface area contributed by atoms with Crippen LogP contribution in [0.4, 0.5) is 0 Å². The van der Waals surface area contributed by atoms with Crippen molar-refractivity contribution in [1.82, 2.24) is 15.2 Å². The van der Waals surface area contributed by atoms with Gasteiger partial charge in [-0.3, -0.25) is 0 Å². The Kier molecular flexibility index (Phi) is 4.67. The zero-order valence-corrected chi connectivity index (χ0v) is 14.8. The predicted octanol–water partition coefficient (Wildman–Crippen LogP) is 2.28. The molecule has 2 heterocycles. The van der Waals surface area contributed by atoms with Gasteiger partial charge in [0.15, 0.2) is 5.96 Å². The number of aryl methyl sites for hydroxylation is 1. The summed E-state index contributed by atoms with van der Waals surface area (Å²) in [5.41, 5.74) is 1.39. The number of aromatic nitrogens is 1. The van der Waals surface area contributed by atoms with Crippen LogP contribution in [0.25, 0.3) is 0 Å². The van der Waals surface area contributed by atoms with Crippen molar-refractivity contribution < 1.29 is 4.74 Å². The third-order valence-electron chi connectivity index (χ3n) is 5.28. The van der Waals surface area contributed by atoms with E-state index in [9.17, 15) is 0 Å². The number of hydrogen-bond acceptors (Lipinski definition) is 2. The number of aliphatic imine (C=N–C) groups is 1. The van der Waals surface area contributed by atoms with Crippen LogP contribution in [0.1, 0.15) is 39.2 Å². The number of nitrogens with one attached hydrogen (secondary N) is 2. The second kappa shape index (κ2) is 6.56. The van der Waals surface area contributed by atoms with E-state index >= 15 is 0 Å². The van der Waals surface area contributed by atoms with Crippen LogP contribution in [0.15, 0.2) is 23.5 Å². The minimum absolute atomic E-state index is 0.161. The molecule has 1 aliphatic heterocycles. The average Bonchev–Trinajstić information content (AvgIpc) is 2.95. The summed E-state index contributed by atoms with van der Waals surface area (Å²) in [4.78, 5) is 4.76. The zero-order valence-electron chi connectivity index (χ0n) is 14.8. The van der Waals surface area contributed by atoms with E-state index in [4.69, 9.17) is 9.73 Å². The first kappa shape index (κ1) is 16.4.